The molecule has 1 fully saturated rings. The molecule has 0 aromatic carbocycles. The standard InChI is InChI=1S/C16H24N2O3S/c1-10(14(20)21)8-18(12-5-6-12)13(19)7-11-9-22-15(17-11)16(2,3)4/h9-10,12H,5-8H2,1-4H3,(H,20,21). The maximum atomic E-state index is 12.5. The summed E-state index contributed by atoms with van der Waals surface area (Å²) < 4.78 is 0. The van der Waals surface area contributed by atoms with Crippen LogP contribution in [0.1, 0.15) is 51.2 Å². The van der Waals surface area contributed by atoms with Crippen molar-refractivity contribution in [3.8, 4) is 0 Å². The molecule has 1 aliphatic rings. The van der Waals surface area contributed by atoms with Crippen LogP contribution in [-0.4, -0.2) is 39.5 Å². The van der Waals surface area contributed by atoms with Crippen molar-refractivity contribution >= 4 is 23.2 Å². The zero-order chi connectivity index (χ0) is 16.5. The maximum absolute atomic E-state index is 12.5. The number of amides is 1. The molecule has 122 valence electrons. The van der Waals surface area contributed by atoms with E-state index in [-0.39, 0.29) is 30.3 Å². The van der Waals surface area contributed by atoms with E-state index < -0.39 is 11.9 Å². The third-order valence-corrected chi connectivity index (χ3v) is 5.04. The first-order valence-corrected chi connectivity index (χ1v) is 8.53. The molecular formula is C16H24N2O3S. The molecule has 0 radical (unpaired) electrons. The Labute approximate surface area is 135 Å². The van der Waals surface area contributed by atoms with Crippen LogP contribution >= 0.6 is 11.3 Å². The van der Waals surface area contributed by atoms with Crippen molar-refractivity contribution in [2.75, 3.05) is 6.54 Å². The highest BCUT2D eigenvalue weighted by Gasteiger charge is 2.34. The summed E-state index contributed by atoms with van der Waals surface area (Å²) in [5.74, 6) is -1.41. The van der Waals surface area contributed by atoms with E-state index >= 15 is 0 Å². The predicted molar refractivity (Wildman–Crippen MR) is 86.1 cm³/mol. The van der Waals surface area contributed by atoms with Crippen molar-refractivity contribution in [3.63, 3.8) is 0 Å². The van der Waals surface area contributed by atoms with Gasteiger partial charge in [-0.25, -0.2) is 4.98 Å². The minimum absolute atomic E-state index is 0.0126. The van der Waals surface area contributed by atoms with Gasteiger partial charge in [0.25, 0.3) is 0 Å². The average Bonchev–Trinajstić information content (AvgIpc) is 3.12. The second-order valence-electron chi connectivity index (χ2n) is 7.09. The fraction of sp³-hybridized carbons (Fsp3) is 0.688. The molecule has 1 amide bonds. The Morgan fingerprint density at radius 2 is 2.09 bits per heavy atom. The highest BCUT2D eigenvalue weighted by molar-refractivity contribution is 7.09. The van der Waals surface area contributed by atoms with Crippen LogP contribution in [0.2, 0.25) is 0 Å². The van der Waals surface area contributed by atoms with Crippen LogP contribution in [0, 0.1) is 5.92 Å². The van der Waals surface area contributed by atoms with Gasteiger partial charge in [0, 0.05) is 23.4 Å². The number of rotatable bonds is 6. The van der Waals surface area contributed by atoms with Crippen molar-refractivity contribution in [1.29, 1.82) is 0 Å². The van der Waals surface area contributed by atoms with Crippen LogP contribution < -0.4 is 0 Å². The Morgan fingerprint density at radius 1 is 1.45 bits per heavy atom. The van der Waals surface area contributed by atoms with Gasteiger partial charge >= 0.3 is 5.97 Å². The highest BCUT2D eigenvalue weighted by Crippen LogP contribution is 2.29. The van der Waals surface area contributed by atoms with E-state index in [0.29, 0.717) is 0 Å². The van der Waals surface area contributed by atoms with Gasteiger partial charge in [0.2, 0.25) is 5.91 Å². The lowest BCUT2D eigenvalue weighted by Gasteiger charge is -2.24. The van der Waals surface area contributed by atoms with E-state index in [2.05, 4.69) is 25.8 Å². The van der Waals surface area contributed by atoms with Gasteiger partial charge in [-0.15, -0.1) is 11.3 Å². The predicted octanol–water partition coefficient (Wildman–Crippen LogP) is 2.69. The molecule has 22 heavy (non-hydrogen) atoms. The molecule has 2 rings (SSSR count). The summed E-state index contributed by atoms with van der Waals surface area (Å²) in [6, 6.07) is 0.218. The Bertz CT molecular complexity index is 558. The summed E-state index contributed by atoms with van der Waals surface area (Å²) in [7, 11) is 0. The Morgan fingerprint density at radius 3 is 2.55 bits per heavy atom. The summed E-state index contributed by atoms with van der Waals surface area (Å²) >= 11 is 1.58. The van der Waals surface area contributed by atoms with Crippen LogP contribution in [0.3, 0.4) is 0 Å². The molecule has 1 N–H and O–H groups in total. The molecule has 0 spiro atoms. The van der Waals surface area contributed by atoms with Crippen LogP contribution in [0.25, 0.3) is 0 Å². The van der Waals surface area contributed by atoms with Gasteiger partial charge in [-0.3, -0.25) is 9.59 Å². The molecule has 1 heterocycles. The monoisotopic (exact) mass is 324 g/mol. The fourth-order valence-electron chi connectivity index (χ4n) is 2.20. The van der Waals surface area contributed by atoms with Crippen molar-refractivity contribution < 1.29 is 14.7 Å². The molecule has 0 bridgehead atoms. The molecule has 6 heteroatoms. The van der Waals surface area contributed by atoms with Crippen molar-refractivity contribution in [3.05, 3.63) is 16.1 Å². The first-order valence-electron chi connectivity index (χ1n) is 7.65. The Hall–Kier alpha value is -1.43. The molecule has 1 atom stereocenters. The molecule has 1 aromatic rings. The summed E-state index contributed by atoms with van der Waals surface area (Å²) in [5.41, 5.74) is 0.772. The Balaban J connectivity index is 2.02. The number of aliphatic carboxylic acids is 1. The largest absolute Gasteiger partial charge is 0.481 e. The van der Waals surface area contributed by atoms with Crippen molar-refractivity contribution in [2.45, 2.75) is 58.4 Å². The fourth-order valence-corrected chi connectivity index (χ4v) is 3.11. The molecular weight excluding hydrogens is 300 g/mol. The minimum atomic E-state index is -0.859. The summed E-state index contributed by atoms with van der Waals surface area (Å²) in [6.07, 6.45) is 2.21. The second-order valence-corrected chi connectivity index (χ2v) is 7.95. The van der Waals surface area contributed by atoms with Gasteiger partial charge in [0.15, 0.2) is 0 Å². The number of nitrogens with zero attached hydrogens (tertiary/aromatic N) is 2. The van der Waals surface area contributed by atoms with Crippen molar-refractivity contribution in [2.24, 2.45) is 5.92 Å². The van der Waals surface area contributed by atoms with Crippen LogP contribution in [0.4, 0.5) is 0 Å². The molecule has 1 aromatic heterocycles. The summed E-state index contributed by atoms with van der Waals surface area (Å²) in [4.78, 5) is 29.8. The smallest absolute Gasteiger partial charge is 0.308 e. The summed E-state index contributed by atoms with van der Waals surface area (Å²) in [6.45, 7) is 8.23. The number of thiazole rings is 1. The number of carbonyl (C=O) groups is 2. The van der Waals surface area contributed by atoms with E-state index in [1.807, 2.05) is 5.38 Å². The quantitative estimate of drug-likeness (QED) is 0.873. The molecule has 0 aliphatic heterocycles. The molecule has 1 aliphatic carbocycles. The molecule has 1 unspecified atom stereocenters. The average molecular weight is 324 g/mol. The number of carboxylic acids is 1. The number of hydrogen-bond acceptors (Lipinski definition) is 4. The summed E-state index contributed by atoms with van der Waals surface area (Å²) in [5, 5.41) is 12.0. The van der Waals surface area contributed by atoms with Crippen LogP contribution in [0.15, 0.2) is 5.38 Å². The zero-order valence-electron chi connectivity index (χ0n) is 13.6. The van der Waals surface area contributed by atoms with E-state index in [0.717, 1.165) is 23.5 Å². The van der Waals surface area contributed by atoms with Crippen molar-refractivity contribution in [1.82, 2.24) is 9.88 Å². The lowest BCUT2D eigenvalue weighted by molar-refractivity contribution is -0.143. The van der Waals surface area contributed by atoms with Gasteiger partial charge in [0.05, 0.1) is 23.0 Å². The molecule has 0 saturated heterocycles. The van der Waals surface area contributed by atoms with Crippen LogP contribution in [-0.2, 0) is 21.4 Å². The maximum Gasteiger partial charge on any atom is 0.308 e. The Kier molecular flexibility index (Phi) is 4.90. The number of aromatic nitrogens is 1. The lowest BCUT2D eigenvalue weighted by atomic mass is 9.98. The second kappa shape index (κ2) is 6.36. The van der Waals surface area contributed by atoms with E-state index in [1.165, 1.54) is 0 Å². The first-order chi connectivity index (χ1) is 10.2. The highest BCUT2D eigenvalue weighted by atomic mass is 32.1. The van der Waals surface area contributed by atoms with Gasteiger partial charge in [-0.05, 0) is 12.8 Å². The first kappa shape index (κ1) is 16.9. The third-order valence-electron chi connectivity index (χ3n) is 3.73. The van der Waals surface area contributed by atoms with E-state index in [4.69, 9.17) is 5.11 Å². The number of hydrogen-bond donors (Lipinski definition) is 1. The SMILES string of the molecule is CC(CN(C(=O)Cc1csc(C(C)(C)C)n1)C1CC1)C(=O)O. The normalized spacial score (nSPS) is 16.4. The zero-order valence-corrected chi connectivity index (χ0v) is 14.4. The third kappa shape index (κ3) is 4.29. The van der Waals surface area contributed by atoms with Crippen LogP contribution in [0.5, 0.6) is 0 Å². The topological polar surface area (TPSA) is 70.5 Å². The van der Waals surface area contributed by atoms with Gasteiger partial charge < -0.3 is 10.0 Å². The van der Waals surface area contributed by atoms with E-state index in [1.54, 1.807) is 23.2 Å². The van der Waals surface area contributed by atoms with Gasteiger partial charge in [-0.1, -0.05) is 27.7 Å². The minimum Gasteiger partial charge on any atom is -0.481 e. The van der Waals surface area contributed by atoms with Gasteiger partial charge in [0.1, 0.15) is 0 Å². The lowest BCUT2D eigenvalue weighted by Crippen LogP contribution is -2.39. The molecule has 5 nitrogen and oxygen atoms in total. The number of carbonyl (C=O) groups excluding carboxylic acids is 1. The van der Waals surface area contributed by atoms with E-state index in [9.17, 15) is 9.59 Å². The molecule has 1 saturated carbocycles. The number of carboxylic acid groups (broad SMARTS) is 1. The van der Waals surface area contributed by atoms with Gasteiger partial charge in [-0.2, -0.15) is 0 Å².